The lowest BCUT2D eigenvalue weighted by atomic mass is 10.2. The number of carbonyl (C=O) groups excluding carboxylic acids is 1. The average Bonchev–Trinajstić information content (AvgIpc) is 2.30. The Labute approximate surface area is 103 Å². The van der Waals surface area contributed by atoms with Gasteiger partial charge in [0.1, 0.15) is 0 Å². The first kappa shape index (κ1) is 13.9. The molecule has 1 N–H and O–H groups in total. The Morgan fingerprint density at radius 2 is 2.12 bits per heavy atom. The number of carbonyl (C=O) groups is 1. The van der Waals surface area contributed by atoms with E-state index in [1.165, 1.54) is 0 Å². The maximum Gasteiger partial charge on any atom is 0.237 e. The Balaban J connectivity index is 2.43. The van der Waals surface area contributed by atoms with Crippen LogP contribution < -0.4 is 5.32 Å². The van der Waals surface area contributed by atoms with Gasteiger partial charge < -0.3 is 10.2 Å². The normalized spacial score (nSPS) is 16.8. The van der Waals surface area contributed by atoms with Gasteiger partial charge in [0.25, 0.3) is 0 Å². The molecule has 5 nitrogen and oxygen atoms in total. The van der Waals surface area contributed by atoms with Crippen molar-refractivity contribution in [3.8, 4) is 6.07 Å². The molecular weight excluding hydrogens is 216 g/mol. The number of piperazine rings is 1. The molecule has 1 rings (SSSR count). The number of amides is 1. The summed E-state index contributed by atoms with van der Waals surface area (Å²) in [6.07, 6.45) is 0.408. The van der Waals surface area contributed by atoms with Crippen molar-refractivity contribution in [3.05, 3.63) is 0 Å². The minimum atomic E-state index is 0.136. The Morgan fingerprint density at radius 3 is 2.65 bits per heavy atom. The van der Waals surface area contributed by atoms with Gasteiger partial charge in [0.2, 0.25) is 5.91 Å². The highest BCUT2D eigenvalue weighted by molar-refractivity contribution is 5.78. The lowest BCUT2D eigenvalue weighted by Crippen LogP contribution is -2.49. The highest BCUT2D eigenvalue weighted by Gasteiger charge is 2.20. The smallest absolute Gasteiger partial charge is 0.237 e. The third kappa shape index (κ3) is 4.72. The van der Waals surface area contributed by atoms with Crippen molar-refractivity contribution in [2.24, 2.45) is 0 Å². The van der Waals surface area contributed by atoms with Crippen LogP contribution in [0.4, 0.5) is 0 Å². The van der Waals surface area contributed by atoms with E-state index in [4.69, 9.17) is 5.26 Å². The quantitative estimate of drug-likeness (QED) is 0.735. The van der Waals surface area contributed by atoms with Crippen LogP contribution in [0.2, 0.25) is 0 Å². The van der Waals surface area contributed by atoms with E-state index in [0.717, 1.165) is 26.2 Å². The molecule has 0 aromatic heterocycles. The summed E-state index contributed by atoms with van der Waals surface area (Å²) in [4.78, 5) is 16.1. The second kappa shape index (κ2) is 7.25. The van der Waals surface area contributed by atoms with Gasteiger partial charge >= 0.3 is 0 Å². The standard InChI is InChI=1S/C12H22N4O/c1-11(2)16(7-3-4-13)12(17)10-15-8-5-14-6-9-15/h11,14H,3,5-10H2,1-2H3. The van der Waals surface area contributed by atoms with Crippen molar-refractivity contribution in [1.82, 2.24) is 15.1 Å². The van der Waals surface area contributed by atoms with Crippen LogP contribution in [-0.4, -0.2) is 61.0 Å². The summed E-state index contributed by atoms with van der Waals surface area (Å²) in [5.41, 5.74) is 0. The van der Waals surface area contributed by atoms with Crippen LogP contribution in [0.15, 0.2) is 0 Å². The third-order valence-corrected chi connectivity index (χ3v) is 2.98. The fourth-order valence-electron chi connectivity index (χ4n) is 1.99. The predicted molar refractivity (Wildman–Crippen MR) is 66.4 cm³/mol. The van der Waals surface area contributed by atoms with E-state index in [1.807, 2.05) is 13.8 Å². The number of nitrogens with zero attached hydrogens (tertiary/aromatic N) is 3. The van der Waals surface area contributed by atoms with Crippen molar-refractivity contribution in [2.75, 3.05) is 39.3 Å². The zero-order valence-corrected chi connectivity index (χ0v) is 10.8. The lowest BCUT2D eigenvalue weighted by Gasteiger charge is -2.31. The van der Waals surface area contributed by atoms with Crippen molar-refractivity contribution in [3.63, 3.8) is 0 Å². The van der Waals surface area contributed by atoms with E-state index in [2.05, 4.69) is 16.3 Å². The van der Waals surface area contributed by atoms with E-state index in [-0.39, 0.29) is 11.9 Å². The second-order valence-corrected chi connectivity index (χ2v) is 4.62. The summed E-state index contributed by atoms with van der Waals surface area (Å²) in [5, 5.41) is 11.9. The first-order valence-corrected chi connectivity index (χ1v) is 6.24. The van der Waals surface area contributed by atoms with Gasteiger partial charge in [0.15, 0.2) is 0 Å². The summed E-state index contributed by atoms with van der Waals surface area (Å²) < 4.78 is 0. The summed E-state index contributed by atoms with van der Waals surface area (Å²) in [7, 11) is 0. The molecule has 96 valence electrons. The molecule has 1 aliphatic heterocycles. The number of nitrogens with one attached hydrogen (secondary N) is 1. The number of hydrogen-bond acceptors (Lipinski definition) is 4. The van der Waals surface area contributed by atoms with Gasteiger partial charge in [-0.3, -0.25) is 9.69 Å². The van der Waals surface area contributed by atoms with E-state index < -0.39 is 0 Å². The van der Waals surface area contributed by atoms with Crippen LogP contribution >= 0.6 is 0 Å². The van der Waals surface area contributed by atoms with E-state index >= 15 is 0 Å². The Hall–Kier alpha value is -1.12. The molecule has 0 aromatic rings. The summed E-state index contributed by atoms with van der Waals surface area (Å²) in [5.74, 6) is 0.136. The minimum Gasteiger partial charge on any atom is -0.338 e. The van der Waals surface area contributed by atoms with Crippen molar-refractivity contribution in [1.29, 1.82) is 5.26 Å². The van der Waals surface area contributed by atoms with Crippen LogP contribution in [0.1, 0.15) is 20.3 Å². The van der Waals surface area contributed by atoms with Gasteiger partial charge in [-0.05, 0) is 13.8 Å². The van der Waals surface area contributed by atoms with Crippen LogP contribution in [0.25, 0.3) is 0 Å². The van der Waals surface area contributed by atoms with Gasteiger partial charge in [-0.15, -0.1) is 0 Å². The van der Waals surface area contributed by atoms with Gasteiger partial charge in [0, 0.05) is 38.8 Å². The van der Waals surface area contributed by atoms with E-state index in [1.54, 1.807) is 4.90 Å². The molecule has 1 aliphatic rings. The van der Waals surface area contributed by atoms with Crippen LogP contribution in [0, 0.1) is 11.3 Å². The van der Waals surface area contributed by atoms with Gasteiger partial charge in [-0.25, -0.2) is 0 Å². The van der Waals surface area contributed by atoms with Crippen LogP contribution in [0.5, 0.6) is 0 Å². The molecule has 0 aromatic carbocycles. The number of nitriles is 1. The maximum atomic E-state index is 12.1. The average molecular weight is 238 g/mol. The number of rotatable bonds is 5. The maximum absolute atomic E-state index is 12.1. The first-order valence-electron chi connectivity index (χ1n) is 6.24. The minimum absolute atomic E-state index is 0.136. The zero-order chi connectivity index (χ0) is 12.7. The lowest BCUT2D eigenvalue weighted by molar-refractivity contribution is -0.134. The monoisotopic (exact) mass is 238 g/mol. The fraction of sp³-hybridized carbons (Fsp3) is 0.833. The molecule has 0 radical (unpaired) electrons. The Kier molecular flexibility index (Phi) is 5.95. The first-order chi connectivity index (χ1) is 8.15. The van der Waals surface area contributed by atoms with Crippen molar-refractivity contribution >= 4 is 5.91 Å². The Morgan fingerprint density at radius 1 is 1.47 bits per heavy atom. The second-order valence-electron chi connectivity index (χ2n) is 4.62. The molecule has 0 atom stereocenters. The predicted octanol–water partition coefficient (Wildman–Crippen LogP) is 0.0423. The van der Waals surface area contributed by atoms with E-state index in [9.17, 15) is 4.79 Å². The highest BCUT2D eigenvalue weighted by Crippen LogP contribution is 2.03. The zero-order valence-electron chi connectivity index (χ0n) is 10.8. The molecular formula is C12H22N4O. The van der Waals surface area contributed by atoms with Gasteiger partial charge in [-0.1, -0.05) is 0 Å². The molecule has 17 heavy (non-hydrogen) atoms. The molecule has 1 saturated heterocycles. The third-order valence-electron chi connectivity index (χ3n) is 2.98. The molecule has 0 bridgehead atoms. The SMILES string of the molecule is CC(C)N(CCC#N)C(=O)CN1CCNCC1. The summed E-state index contributed by atoms with van der Waals surface area (Å²) >= 11 is 0. The summed E-state index contributed by atoms with van der Waals surface area (Å²) in [6.45, 7) is 8.76. The molecule has 0 unspecified atom stereocenters. The fourth-order valence-corrected chi connectivity index (χ4v) is 1.99. The summed E-state index contributed by atoms with van der Waals surface area (Å²) in [6, 6.07) is 2.26. The molecule has 1 amide bonds. The van der Waals surface area contributed by atoms with E-state index in [0.29, 0.717) is 19.5 Å². The van der Waals surface area contributed by atoms with Gasteiger partial charge in [-0.2, -0.15) is 5.26 Å². The molecule has 1 heterocycles. The number of hydrogen-bond donors (Lipinski definition) is 1. The largest absolute Gasteiger partial charge is 0.338 e. The van der Waals surface area contributed by atoms with Crippen molar-refractivity contribution < 1.29 is 4.79 Å². The molecule has 0 aliphatic carbocycles. The van der Waals surface area contributed by atoms with Crippen molar-refractivity contribution in [2.45, 2.75) is 26.3 Å². The topological polar surface area (TPSA) is 59.4 Å². The van der Waals surface area contributed by atoms with Gasteiger partial charge in [0.05, 0.1) is 19.0 Å². The highest BCUT2D eigenvalue weighted by atomic mass is 16.2. The molecule has 5 heteroatoms. The van der Waals surface area contributed by atoms with Crippen LogP contribution in [-0.2, 0) is 4.79 Å². The molecule has 0 spiro atoms. The van der Waals surface area contributed by atoms with Crippen LogP contribution in [0.3, 0.4) is 0 Å². The Bertz CT molecular complexity index is 279. The molecule has 0 saturated carbocycles. The molecule has 1 fully saturated rings.